The number of ether oxygens (including phenoxy) is 1. The third kappa shape index (κ3) is 6.65. The van der Waals surface area contributed by atoms with Crippen LogP contribution in [0.1, 0.15) is 19.8 Å². The molecule has 1 aromatic carbocycles. The van der Waals surface area contributed by atoms with Gasteiger partial charge in [-0.25, -0.2) is 8.42 Å². The lowest BCUT2D eigenvalue weighted by Gasteiger charge is -2.30. The normalized spacial score (nSPS) is 16.2. The fourth-order valence-electron chi connectivity index (χ4n) is 3.26. The van der Waals surface area contributed by atoms with E-state index in [-0.39, 0.29) is 17.8 Å². The van der Waals surface area contributed by atoms with Gasteiger partial charge >= 0.3 is 0 Å². The molecule has 1 aliphatic rings. The number of rotatable bonds is 10. The Kier molecular flexibility index (Phi) is 8.35. The molecule has 1 aromatic rings. The van der Waals surface area contributed by atoms with Crippen LogP contribution in [0.3, 0.4) is 0 Å². The number of non-ortho nitro benzene ring substituents is 1. The van der Waals surface area contributed by atoms with Crippen molar-refractivity contribution in [2.75, 3.05) is 50.0 Å². The van der Waals surface area contributed by atoms with Gasteiger partial charge in [-0.15, -0.1) is 0 Å². The standard InChI is InChI=1S/C18H28N4O6S/c1-3-17(18(23)19-8-5-9-20-10-12-28-13-11-20)21(29(2,26)27)15-6-4-7-16(14-15)22(24)25/h4,6-7,14,17H,3,5,8-13H2,1-2H3,(H,19,23)/t17-/m0/s1. The zero-order chi connectivity index (χ0) is 21.4. The van der Waals surface area contributed by atoms with Crippen LogP contribution in [0.2, 0.25) is 0 Å². The van der Waals surface area contributed by atoms with Crippen LogP contribution in [0.25, 0.3) is 0 Å². The zero-order valence-electron chi connectivity index (χ0n) is 16.7. The number of amides is 1. The Morgan fingerprint density at radius 3 is 2.66 bits per heavy atom. The highest BCUT2D eigenvalue weighted by Gasteiger charge is 2.32. The lowest BCUT2D eigenvalue weighted by Crippen LogP contribution is -2.49. The van der Waals surface area contributed by atoms with Gasteiger partial charge in [-0.05, 0) is 25.5 Å². The third-order valence-corrected chi connectivity index (χ3v) is 5.86. The van der Waals surface area contributed by atoms with E-state index in [1.54, 1.807) is 6.92 Å². The monoisotopic (exact) mass is 428 g/mol. The van der Waals surface area contributed by atoms with Gasteiger partial charge in [0, 0.05) is 31.8 Å². The van der Waals surface area contributed by atoms with E-state index in [2.05, 4.69) is 10.2 Å². The van der Waals surface area contributed by atoms with Crippen LogP contribution >= 0.6 is 0 Å². The fourth-order valence-corrected chi connectivity index (χ4v) is 4.46. The van der Waals surface area contributed by atoms with Gasteiger partial charge in [-0.1, -0.05) is 13.0 Å². The molecule has 1 saturated heterocycles. The molecule has 29 heavy (non-hydrogen) atoms. The molecule has 1 atom stereocenters. The summed E-state index contributed by atoms with van der Waals surface area (Å²) in [4.78, 5) is 25.4. The van der Waals surface area contributed by atoms with Crippen LogP contribution in [-0.2, 0) is 19.6 Å². The smallest absolute Gasteiger partial charge is 0.271 e. The first-order valence-electron chi connectivity index (χ1n) is 9.55. The summed E-state index contributed by atoms with van der Waals surface area (Å²) in [5.74, 6) is -0.425. The third-order valence-electron chi connectivity index (χ3n) is 4.68. The van der Waals surface area contributed by atoms with Gasteiger partial charge in [0.25, 0.3) is 5.69 Å². The van der Waals surface area contributed by atoms with Crippen LogP contribution in [0.5, 0.6) is 0 Å². The number of sulfonamides is 1. The van der Waals surface area contributed by atoms with Crippen LogP contribution in [-0.4, -0.2) is 75.8 Å². The van der Waals surface area contributed by atoms with E-state index in [0.29, 0.717) is 19.8 Å². The number of carbonyl (C=O) groups excluding carboxylic acids is 1. The molecule has 0 aliphatic carbocycles. The molecular formula is C18H28N4O6S. The Morgan fingerprint density at radius 1 is 1.38 bits per heavy atom. The fraction of sp³-hybridized carbons (Fsp3) is 0.611. The first-order valence-corrected chi connectivity index (χ1v) is 11.4. The van der Waals surface area contributed by atoms with Crippen molar-refractivity contribution < 1.29 is 22.9 Å². The number of carbonyl (C=O) groups is 1. The van der Waals surface area contributed by atoms with Crippen molar-refractivity contribution in [3.8, 4) is 0 Å². The number of anilines is 1. The van der Waals surface area contributed by atoms with E-state index in [0.717, 1.165) is 42.7 Å². The van der Waals surface area contributed by atoms with E-state index < -0.39 is 26.9 Å². The molecule has 10 nitrogen and oxygen atoms in total. The first kappa shape index (κ1) is 23.0. The van der Waals surface area contributed by atoms with E-state index in [1.165, 1.54) is 18.2 Å². The number of nitrogens with one attached hydrogen (secondary N) is 1. The molecule has 0 saturated carbocycles. The first-order chi connectivity index (χ1) is 13.7. The lowest BCUT2D eigenvalue weighted by atomic mass is 10.2. The molecule has 1 aliphatic heterocycles. The van der Waals surface area contributed by atoms with E-state index in [9.17, 15) is 23.3 Å². The summed E-state index contributed by atoms with van der Waals surface area (Å²) >= 11 is 0. The Morgan fingerprint density at radius 2 is 2.07 bits per heavy atom. The summed E-state index contributed by atoms with van der Waals surface area (Å²) in [7, 11) is -3.84. The second-order valence-corrected chi connectivity index (χ2v) is 8.72. The molecule has 1 amide bonds. The minimum Gasteiger partial charge on any atom is -0.379 e. The van der Waals surface area contributed by atoms with Gasteiger partial charge in [0.05, 0.1) is 30.1 Å². The van der Waals surface area contributed by atoms with Crippen LogP contribution < -0.4 is 9.62 Å². The van der Waals surface area contributed by atoms with Crippen molar-refractivity contribution in [1.82, 2.24) is 10.2 Å². The quantitative estimate of drug-likeness (QED) is 0.335. The SMILES string of the molecule is CC[C@@H](C(=O)NCCCN1CCOCC1)N(c1cccc([N+](=O)[O-])c1)S(C)(=O)=O. The zero-order valence-corrected chi connectivity index (χ0v) is 17.6. The molecular weight excluding hydrogens is 400 g/mol. The molecule has 0 bridgehead atoms. The molecule has 0 radical (unpaired) electrons. The van der Waals surface area contributed by atoms with Crippen molar-refractivity contribution >= 4 is 27.3 Å². The number of morpholine rings is 1. The summed E-state index contributed by atoms with van der Waals surface area (Å²) < 4.78 is 31.1. The molecule has 0 spiro atoms. The Bertz CT molecular complexity index is 810. The molecule has 1 fully saturated rings. The minimum absolute atomic E-state index is 0.0945. The second-order valence-electron chi connectivity index (χ2n) is 6.86. The number of nitrogens with zero attached hydrogens (tertiary/aromatic N) is 3. The predicted octanol–water partition coefficient (Wildman–Crippen LogP) is 0.978. The highest BCUT2D eigenvalue weighted by atomic mass is 32.2. The van der Waals surface area contributed by atoms with Crippen molar-refractivity contribution in [2.45, 2.75) is 25.8 Å². The van der Waals surface area contributed by atoms with E-state index >= 15 is 0 Å². The van der Waals surface area contributed by atoms with Gasteiger partial charge in [-0.2, -0.15) is 0 Å². The van der Waals surface area contributed by atoms with Crippen molar-refractivity contribution in [3.63, 3.8) is 0 Å². The largest absolute Gasteiger partial charge is 0.379 e. The Balaban J connectivity index is 2.06. The predicted molar refractivity (Wildman–Crippen MR) is 109 cm³/mol. The lowest BCUT2D eigenvalue weighted by molar-refractivity contribution is -0.384. The maximum atomic E-state index is 12.7. The average Bonchev–Trinajstić information content (AvgIpc) is 2.69. The minimum atomic E-state index is -3.84. The van der Waals surface area contributed by atoms with Crippen molar-refractivity contribution in [3.05, 3.63) is 34.4 Å². The molecule has 0 aromatic heterocycles. The number of nitro benzene ring substituents is 1. The summed E-state index contributed by atoms with van der Waals surface area (Å²) in [5.41, 5.74) is -0.145. The van der Waals surface area contributed by atoms with Crippen molar-refractivity contribution in [1.29, 1.82) is 0 Å². The van der Waals surface area contributed by atoms with Gasteiger partial charge in [-0.3, -0.25) is 24.1 Å². The maximum absolute atomic E-state index is 12.7. The molecule has 0 unspecified atom stereocenters. The topological polar surface area (TPSA) is 122 Å². The summed E-state index contributed by atoms with van der Waals surface area (Å²) in [5, 5.41) is 13.8. The Hall–Kier alpha value is -2.24. The maximum Gasteiger partial charge on any atom is 0.271 e. The van der Waals surface area contributed by atoms with Crippen molar-refractivity contribution in [2.24, 2.45) is 0 Å². The summed E-state index contributed by atoms with van der Waals surface area (Å²) in [6.07, 6.45) is 1.95. The Labute approximate surface area is 171 Å². The van der Waals surface area contributed by atoms with E-state index in [1.807, 2.05) is 0 Å². The molecule has 1 N–H and O–H groups in total. The average molecular weight is 429 g/mol. The summed E-state index contributed by atoms with van der Waals surface area (Å²) in [6, 6.07) is 4.29. The molecule has 1 heterocycles. The van der Waals surface area contributed by atoms with Gasteiger partial charge in [0.1, 0.15) is 6.04 Å². The molecule has 2 rings (SSSR count). The summed E-state index contributed by atoms with van der Waals surface area (Å²) in [6.45, 7) is 6.07. The number of nitro groups is 1. The molecule has 162 valence electrons. The van der Waals surface area contributed by atoms with Gasteiger partial charge < -0.3 is 10.1 Å². The highest BCUT2D eigenvalue weighted by molar-refractivity contribution is 7.92. The van der Waals surface area contributed by atoms with Crippen LogP contribution in [0, 0.1) is 10.1 Å². The number of benzene rings is 1. The number of hydrogen-bond acceptors (Lipinski definition) is 7. The van der Waals surface area contributed by atoms with E-state index in [4.69, 9.17) is 4.74 Å². The van der Waals surface area contributed by atoms with Crippen LogP contribution in [0.4, 0.5) is 11.4 Å². The molecule has 11 heteroatoms. The second kappa shape index (κ2) is 10.5. The van der Waals surface area contributed by atoms with Crippen LogP contribution in [0.15, 0.2) is 24.3 Å². The van der Waals surface area contributed by atoms with Gasteiger partial charge in [0.15, 0.2) is 0 Å². The highest BCUT2D eigenvalue weighted by Crippen LogP contribution is 2.26. The van der Waals surface area contributed by atoms with Gasteiger partial charge in [0.2, 0.25) is 15.9 Å². The number of hydrogen-bond donors (Lipinski definition) is 1.